The number of nitrogens with zero attached hydrogens (tertiary/aromatic N) is 1. The van der Waals surface area contributed by atoms with Gasteiger partial charge in [-0.05, 0) is 58.7 Å². The maximum Gasteiger partial charge on any atom is 0.254 e. The monoisotopic (exact) mass is 699 g/mol. The van der Waals surface area contributed by atoms with Crippen molar-refractivity contribution in [3.63, 3.8) is 0 Å². The summed E-state index contributed by atoms with van der Waals surface area (Å²) in [5.41, 5.74) is 3.81. The van der Waals surface area contributed by atoms with Crippen LogP contribution in [0.1, 0.15) is 34.3 Å². The number of aromatic hydroxyl groups is 1. The number of benzene rings is 3. The summed E-state index contributed by atoms with van der Waals surface area (Å²) in [6.07, 6.45) is -0.713. The number of carbonyl (C=O) groups excluding carboxylic acids is 1. The van der Waals surface area contributed by atoms with Crippen LogP contribution in [0.4, 0.5) is 0 Å². The van der Waals surface area contributed by atoms with Gasteiger partial charge in [-0.25, -0.2) is 0 Å². The molecule has 37 heavy (non-hydrogen) atoms. The molecule has 9 nitrogen and oxygen atoms in total. The Kier molecular flexibility index (Phi) is 8.41. The molecule has 1 amide bonds. The molecule has 2 aliphatic rings. The molecule has 1 fully saturated rings. The molecule has 1 saturated carbocycles. The van der Waals surface area contributed by atoms with Crippen molar-refractivity contribution in [1.29, 1.82) is 0 Å². The van der Waals surface area contributed by atoms with Crippen LogP contribution in [0.15, 0.2) is 60.7 Å². The molecule has 0 atom stereocenters. The van der Waals surface area contributed by atoms with Gasteiger partial charge in [-0.15, -0.1) is 0 Å². The van der Waals surface area contributed by atoms with Crippen molar-refractivity contribution < 1.29 is 61.6 Å². The zero-order valence-electron chi connectivity index (χ0n) is 19.5. The van der Waals surface area contributed by atoms with E-state index in [0.29, 0.717) is 16.9 Å². The molecule has 1 heterocycles. The second-order valence-electron chi connectivity index (χ2n) is 9.10. The van der Waals surface area contributed by atoms with E-state index in [2.05, 4.69) is 0 Å². The van der Waals surface area contributed by atoms with Crippen LogP contribution in [-0.2, 0) is 34.2 Å². The Bertz CT molecular complexity index is 1300. The molecule has 3 aromatic rings. The van der Waals surface area contributed by atoms with Crippen LogP contribution in [0.5, 0.6) is 11.5 Å². The maximum atomic E-state index is 12.8. The van der Waals surface area contributed by atoms with Crippen molar-refractivity contribution in [3.8, 4) is 22.6 Å². The third-order valence-electron chi connectivity index (χ3n) is 6.64. The molecule has 1 aliphatic heterocycles. The number of ether oxygens (including phenoxy) is 1. The first-order valence-corrected chi connectivity index (χ1v) is 11.5. The van der Waals surface area contributed by atoms with Gasteiger partial charge in [0.05, 0.1) is 5.02 Å². The van der Waals surface area contributed by atoms with E-state index in [4.69, 9.17) is 16.3 Å². The Morgan fingerprint density at radius 2 is 1.62 bits per heavy atom. The Balaban J connectivity index is 0.00000190. The van der Waals surface area contributed by atoms with E-state index < -0.39 is 17.6 Å². The largest absolute Gasteiger partial charge is 0.506 e. The maximum absolute atomic E-state index is 12.8. The number of fused-ring (bicyclic) bond motifs is 1. The number of phenolic OH excluding ortho intramolecular Hbond substituents is 1. The summed E-state index contributed by atoms with van der Waals surface area (Å²) in [7, 11) is 0. The predicted octanol–water partition coefficient (Wildman–Crippen LogP) is 1.94. The van der Waals surface area contributed by atoms with E-state index in [1.165, 1.54) is 4.90 Å². The topological polar surface area (TPSA) is 162 Å². The van der Waals surface area contributed by atoms with Gasteiger partial charge in [0.15, 0.2) is 0 Å². The number of amides is 1. The Hall–Kier alpha value is -2.49. The van der Waals surface area contributed by atoms with Gasteiger partial charge in [0.2, 0.25) is 11.6 Å². The van der Waals surface area contributed by atoms with Crippen LogP contribution < -0.4 is 4.74 Å². The summed E-state index contributed by atoms with van der Waals surface area (Å²) in [5.74, 6) is -5.08. The van der Waals surface area contributed by atoms with Gasteiger partial charge >= 0.3 is 0 Å². The number of phenols is 1. The summed E-state index contributed by atoms with van der Waals surface area (Å²) in [6.45, 7) is 0.485. The number of aliphatic hydroxyl groups is 4. The van der Waals surface area contributed by atoms with Gasteiger partial charge < -0.3 is 40.6 Å². The van der Waals surface area contributed by atoms with E-state index in [9.17, 15) is 30.3 Å². The van der Waals surface area contributed by atoms with Gasteiger partial charge in [0.1, 0.15) is 18.1 Å². The first-order valence-electron chi connectivity index (χ1n) is 11.1. The zero-order valence-corrected chi connectivity index (χ0v) is 23.2. The van der Waals surface area contributed by atoms with Gasteiger partial charge in [-0.1, -0.05) is 35.9 Å². The van der Waals surface area contributed by atoms with Crippen molar-refractivity contribution in [2.24, 2.45) is 0 Å². The van der Waals surface area contributed by atoms with Gasteiger partial charge in [-0.3, -0.25) is 4.79 Å². The molecular weight excluding hydrogens is 674 g/mol. The number of carbonyl (C=O) groups is 1. The molecule has 0 spiro atoms. The van der Waals surface area contributed by atoms with Crippen molar-refractivity contribution in [1.82, 2.24) is 4.90 Å². The van der Waals surface area contributed by atoms with E-state index in [1.54, 1.807) is 30.3 Å². The minimum Gasteiger partial charge on any atom is -0.506 e. The van der Waals surface area contributed by atoms with Crippen molar-refractivity contribution in [2.75, 3.05) is 0 Å². The molecule has 0 radical (unpaired) electrons. The van der Waals surface area contributed by atoms with Crippen LogP contribution in [0.3, 0.4) is 0 Å². The minimum absolute atomic E-state index is 0. The standard InChI is InChI=1S/C26H24ClNO7.H2O.W/c27-22-7-4-17(10-23(22)29)16-3-1-2-15(8-16)14-35-20-5-6-21-18(9-20)13-28(24(21)30)19-11-25(31,32)26(33,34)12-19;;/h1-10,19,29,31-34H,11-14H2;1H2;. The van der Waals surface area contributed by atoms with Crippen LogP contribution in [0, 0.1) is 0 Å². The average molecular weight is 700 g/mol. The summed E-state index contributed by atoms with van der Waals surface area (Å²) in [6, 6.07) is 17.1. The van der Waals surface area contributed by atoms with Crippen LogP contribution >= 0.6 is 11.6 Å². The van der Waals surface area contributed by atoms with Crippen LogP contribution in [-0.4, -0.2) is 59.4 Å². The fourth-order valence-corrected chi connectivity index (χ4v) is 4.80. The molecule has 5 rings (SSSR count). The Labute approximate surface area is 232 Å². The van der Waals surface area contributed by atoms with Gasteiger partial charge in [-0.2, -0.15) is 0 Å². The summed E-state index contributed by atoms with van der Waals surface area (Å²) in [5, 5.41) is 49.7. The van der Waals surface area contributed by atoms with Crippen molar-refractivity contribution >= 4 is 17.5 Å². The predicted molar refractivity (Wildman–Crippen MR) is 130 cm³/mol. The molecule has 11 heteroatoms. The number of halogens is 1. The molecular formula is C26H26ClNO8W. The Morgan fingerprint density at radius 3 is 2.30 bits per heavy atom. The van der Waals surface area contributed by atoms with E-state index >= 15 is 0 Å². The molecule has 0 saturated heterocycles. The van der Waals surface area contributed by atoms with E-state index in [1.807, 2.05) is 30.3 Å². The second-order valence-corrected chi connectivity index (χ2v) is 9.51. The Morgan fingerprint density at radius 1 is 0.946 bits per heavy atom. The van der Waals surface area contributed by atoms with Crippen LogP contribution in [0.2, 0.25) is 5.02 Å². The van der Waals surface area contributed by atoms with E-state index in [-0.39, 0.29) is 69.2 Å². The number of rotatable bonds is 5. The SMILES string of the molecule is O.O=C1c2ccc(OCc3cccc(-c4ccc(Cl)c(O)c4)c3)cc2CN1C1CC(O)(O)C(O)(O)C1.[W]. The van der Waals surface area contributed by atoms with Crippen LogP contribution in [0.25, 0.3) is 11.1 Å². The fraction of sp³-hybridized carbons (Fsp3) is 0.269. The number of hydrogen-bond acceptors (Lipinski definition) is 7. The smallest absolute Gasteiger partial charge is 0.254 e. The number of hydrogen-bond donors (Lipinski definition) is 5. The normalized spacial score (nSPS) is 17.6. The average Bonchev–Trinajstić information content (AvgIpc) is 3.25. The third-order valence-corrected chi connectivity index (χ3v) is 6.96. The quantitative estimate of drug-likeness (QED) is 0.255. The second kappa shape index (κ2) is 10.7. The fourth-order valence-electron chi connectivity index (χ4n) is 4.68. The van der Waals surface area contributed by atoms with Crippen molar-refractivity contribution in [2.45, 2.75) is 43.6 Å². The first kappa shape index (κ1) is 29.1. The zero-order chi connectivity index (χ0) is 25.0. The first-order chi connectivity index (χ1) is 16.5. The van der Waals surface area contributed by atoms with Crippen molar-refractivity contribution in [3.05, 3.63) is 82.4 Å². The summed E-state index contributed by atoms with van der Waals surface area (Å²) >= 11 is 5.90. The molecule has 0 aromatic heterocycles. The molecule has 3 aromatic carbocycles. The summed E-state index contributed by atoms with van der Waals surface area (Å²) < 4.78 is 5.95. The molecule has 7 N–H and O–H groups in total. The third kappa shape index (κ3) is 5.54. The minimum atomic E-state index is -2.68. The van der Waals surface area contributed by atoms with E-state index in [0.717, 1.165) is 16.7 Å². The molecule has 1 aliphatic carbocycles. The van der Waals surface area contributed by atoms with Gasteiger partial charge in [0, 0.05) is 52.1 Å². The summed E-state index contributed by atoms with van der Waals surface area (Å²) in [4.78, 5) is 14.3. The molecule has 0 unspecified atom stereocenters. The molecule has 196 valence electrons. The molecule has 0 bridgehead atoms. The van der Waals surface area contributed by atoms with Gasteiger partial charge in [0.25, 0.3) is 5.91 Å².